The number of benzene rings is 1. The number of carbonyl (C=O) groups excluding carboxylic acids is 3. The Hall–Kier alpha value is -3.54. The van der Waals surface area contributed by atoms with E-state index in [-0.39, 0.29) is 31.3 Å². The fourth-order valence-corrected chi connectivity index (χ4v) is 3.59. The van der Waals surface area contributed by atoms with Gasteiger partial charge in [0.2, 0.25) is 0 Å². The van der Waals surface area contributed by atoms with Crippen LogP contribution in [0, 0.1) is 5.92 Å². The third kappa shape index (κ3) is 11.8. The Bertz CT molecular complexity index is 936. The number of nitrogens with two attached hydrogens (primary N) is 1. The summed E-state index contributed by atoms with van der Waals surface area (Å²) >= 11 is 0. The topological polar surface area (TPSA) is 170 Å². The first-order valence-electron chi connectivity index (χ1n) is 13.2. The molecule has 12 heteroatoms. The zero-order valence-corrected chi connectivity index (χ0v) is 23.3. The highest BCUT2D eigenvalue weighted by molar-refractivity contribution is 5.75. The summed E-state index contributed by atoms with van der Waals surface area (Å²) in [6.45, 7) is 9.33. The molecule has 4 atom stereocenters. The summed E-state index contributed by atoms with van der Waals surface area (Å²) in [5.41, 5.74) is 6.39. The molecule has 1 rings (SSSR count). The van der Waals surface area contributed by atoms with Crippen molar-refractivity contribution in [3.8, 4) is 11.5 Å². The number of carboxylic acid groups (broad SMARTS) is 1. The van der Waals surface area contributed by atoms with Crippen LogP contribution in [0.1, 0.15) is 78.2 Å². The van der Waals surface area contributed by atoms with Gasteiger partial charge in [-0.05, 0) is 43.9 Å². The second kappa shape index (κ2) is 17.9. The Labute approximate surface area is 229 Å². The van der Waals surface area contributed by atoms with Crippen LogP contribution in [0.5, 0.6) is 11.5 Å². The van der Waals surface area contributed by atoms with Crippen LogP contribution in [0.3, 0.4) is 0 Å². The third-order valence-electron chi connectivity index (χ3n) is 5.82. The van der Waals surface area contributed by atoms with Crippen LogP contribution >= 0.6 is 0 Å². The molecule has 1 aromatic rings. The molecule has 0 radical (unpaired) electrons. The maximum absolute atomic E-state index is 12.2. The van der Waals surface area contributed by atoms with E-state index in [0.717, 1.165) is 12.8 Å². The van der Waals surface area contributed by atoms with Gasteiger partial charge >= 0.3 is 24.4 Å². The van der Waals surface area contributed by atoms with Gasteiger partial charge in [-0.25, -0.2) is 14.4 Å². The first-order valence-corrected chi connectivity index (χ1v) is 13.2. The molecule has 0 aromatic heterocycles. The third-order valence-corrected chi connectivity index (χ3v) is 5.82. The van der Waals surface area contributed by atoms with Crippen LogP contribution in [0.15, 0.2) is 18.2 Å². The van der Waals surface area contributed by atoms with Crippen molar-refractivity contribution in [3.05, 3.63) is 23.8 Å². The predicted molar refractivity (Wildman–Crippen MR) is 140 cm³/mol. The van der Waals surface area contributed by atoms with Crippen molar-refractivity contribution in [2.75, 3.05) is 19.8 Å². The molecule has 220 valence electrons. The van der Waals surface area contributed by atoms with E-state index in [1.165, 1.54) is 18.2 Å². The zero-order chi connectivity index (χ0) is 29.4. The fraction of sp³-hybridized carbons (Fsp3) is 0.630. The molecule has 0 aliphatic heterocycles. The lowest BCUT2D eigenvalue weighted by molar-refractivity contribution is -0.139. The summed E-state index contributed by atoms with van der Waals surface area (Å²) in [5.74, 6) is -3.19. The molecular weight excluding hydrogens is 514 g/mol. The molecule has 3 N–H and O–H groups in total. The van der Waals surface area contributed by atoms with Gasteiger partial charge in [-0.1, -0.05) is 46.6 Å². The largest absolute Gasteiger partial charge is 0.513 e. The number of carbonyl (C=O) groups is 4. The van der Waals surface area contributed by atoms with E-state index in [0.29, 0.717) is 24.8 Å². The minimum absolute atomic E-state index is 0.0974. The van der Waals surface area contributed by atoms with Crippen molar-refractivity contribution in [3.63, 3.8) is 0 Å². The highest BCUT2D eigenvalue weighted by atomic mass is 16.7. The van der Waals surface area contributed by atoms with Crippen molar-refractivity contribution < 1.29 is 52.7 Å². The van der Waals surface area contributed by atoms with Crippen LogP contribution in [0.2, 0.25) is 0 Å². The molecule has 0 heterocycles. The number of hydrogen-bond acceptors (Lipinski definition) is 11. The van der Waals surface area contributed by atoms with Crippen molar-refractivity contribution in [2.45, 2.75) is 84.8 Å². The molecule has 0 saturated carbocycles. The Morgan fingerprint density at radius 1 is 0.795 bits per heavy atom. The molecule has 0 spiro atoms. The van der Waals surface area contributed by atoms with Gasteiger partial charge in [-0.15, -0.1) is 0 Å². The molecule has 0 amide bonds. The van der Waals surface area contributed by atoms with Gasteiger partial charge in [0.05, 0.1) is 19.8 Å². The van der Waals surface area contributed by atoms with Gasteiger partial charge in [0.25, 0.3) is 0 Å². The van der Waals surface area contributed by atoms with E-state index in [2.05, 4.69) is 0 Å². The summed E-state index contributed by atoms with van der Waals surface area (Å²) in [4.78, 5) is 48.3. The smallest absolute Gasteiger partial charge is 0.480 e. The zero-order valence-electron chi connectivity index (χ0n) is 23.3. The minimum Gasteiger partial charge on any atom is -0.480 e. The van der Waals surface area contributed by atoms with Crippen LogP contribution in [0.4, 0.5) is 14.4 Å². The quantitative estimate of drug-likeness (QED) is 0.115. The van der Waals surface area contributed by atoms with E-state index in [4.69, 9.17) is 34.2 Å². The van der Waals surface area contributed by atoms with E-state index in [1.54, 1.807) is 20.8 Å². The Morgan fingerprint density at radius 2 is 1.36 bits per heavy atom. The molecule has 3 unspecified atom stereocenters. The van der Waals surface area contributed by atoms with Crippen LogP contribution < -0.4 is 15.2 Å². The maximum Gasteiger partial charge on any atom is 0.513 e. The Balaban J connectivity index is 3.28. The normalized spacial score (nSPS) is 13.8. The average molecular weight is 556 g/mol. The summed E-state index contributed by atoms with van der Waals surface area (Å²) in [5, 5.41) is 9.71. The number of rotatable bonds is 16. The van der Waals surface area contributed by atoms with E-state index >= 15 is 0 Å². The highest BCUT2D eigenvalue weighted by Crippen LogP contribution is 2.37. The van der Waals surface area contributed by atoms with Crippen LogP contribution in [0.25, 0.3) is 0 Å². The maximum atomic E-state index is 12.2. The summed E-state index contributed by atoms with van der Waals surface area (Å²) in [6.07, 6.45) is -0.0331. The van der Waals surface area contributed by atoms with Gasteiger partial charge in [-0.2, -0.15) is 0 Å². The molecule has 0 saturated heterocycles. The van der Waals surface area contributed by atoms with Gasteiger partial charge in [0, 0.05) is 11.8 Å². The number of unbranched alkanes of at least 4 members (excludes halogenated alkanes) is 2. The summed E-state index contributed by atoms with van der Waals surface area (Å²) in [6, 6.07) is 2.71. The Morgan fingerprint density at radius 3 is 1.90 bits per heavy atom. The highest BCUT2D eigenvalue weighted by Gasteiger charge is 2.36. The predicted octanol–water partition coefficient (Wildman–Crippen LogP) is 5.40. The van der Waals surface area contributed by atoms with Gasteiger partial charge < -0.3 is 39.3 Å². The van der Waals surface area contributed by atoms with E-state index < -0.39 is 48.4 Å². The first-order chi connectivity index (χ1) is 18.5. The SMILES string of the molecule is CCCCCOC(=O)OC(C)C(C)C(c1ccc(OC(=O)OCCC)c(OC(=O)OCCC)c1)[C@H](N)C(=O)O. The first kappa shape index (κ1) is 33.5. The van der Waals surface area contributed by atoms with E-state index in [9.17, 15) is 24.3 Å². The summed E-state index contributed by atoms with van der Waals surface area (Å²) < 4.78 is 30.8. The number of aliphatic carboxylic acids is 1. The molecule has 0 fully saturated rings. The van der Waals surface area contributed by atoms with Crippen molar-refractivity contribution in [2.24, 2.45) is 11.7 Å². The fourth-order valence-electron chi connectivity index (χ4n) is 3.59. The standard InChI is InChI=1S/C27H41NO11/c1-6-9-10-15-36-25(31)37-18(5)17(4)22(23(28)24(29)30)19-11-12-20(38-26(32)34-13-7-2)21(16-19)39-27(33)35-14-8-3/h11-12,16-18,22-23H,6-10,13-15,28H2,1-5H3,(H,29,30)/t17?,18?,22?,23-/m0/s1. The molecule has 0 aliphatic carbocycles. The number of ether oxygens (including phenoxy) is 6. The average Bonchev–Trinajstić information content (AvgIpc) is 2.89. The number of hydrogen-bond donors (Lipinski definition) is 2. The molecule has 0 aliphatic rings. The number of carboxylic acids is 1. The lowest BCUT2D eigenvalue weighted by Gasteiger charge is -2.31. The van der Waals surface area contributed by atoms with Crippen LogP contribution in [-0.2, 0) is 23.7 Å². The monoisotopic (exact) mass is 555 g/mol. The van der Waals surface area contributed by atoms with Crippen molar-refractivity contribution in [1.29, 1.82) is 0 Å². The lowest BCUT2D eigenvalue weighted by atomic mass is 9.79. The lowest BCUT2D eigenvalue weighted by Crippen LogP contribution is -2.42. The van der Waals surface area contributed by atoms with Gasteiger partial charge in [0.1, 0.15) is 12.1 Å². The molecule has 12 nitrogen and oxygen atoms in total. The van der Waals surface area contributed by atoms with Gasteiger partial charge in [0.15, 0.2) is 11.5 Å². The van der Waals surface area contributed by atoms with Crippen molar-refractivity contribution in [1.82, 2.24) is 0 Å². The molecular formula is C27H41NO11. The molecule has 0 bridgehead atoms. The molecule has 1 aromatic carbocycles. The second-order valence-corrected chi connectivity index (χ2v) is 8.98. The van der Waals surface area contributed by atoms with Crippen LogP contribution in [-0.4, -0.2) is 61.5 Å². The van der Waals surface area contributed by atoms with E-state index in [1.807, 2.05) is 13.8 Å². The van der Waals surface area contributed by atoms with Crippen molar-refractivity contribution >= 4 is 24.4 Å². The molecule has 39 heavy (non-hydrogen) atoms. The second-order valence-electron chi connectivity index (χ2n) is 8.98. The minimum atomic E-state index is -1.42. The van der Waals surface area contributed by atoms with Gasteiger partial charge in [-0.3, -0.25) is 4.79 Å². The summed E-state index contributed by atoms with van der Waals surface area (Å²) in [7, 11) is 0. The Kier molecular flexibility index (Phi) is 15.3.